The maximum Gasteiger partial charge on any atom is 0.311 e. The van der Waals surface area contributed by atoms with Crippen LogP contribution in [0.25, 0.3) is 0 Å². The number of esters is 1. The number of hydrogen-bond acceptors (Lipinski definition) is 7. The first kappa shape index (κ1) is 17.4. The molecule has 0 radical (unpaired) electrons. The number of anilines is 1. The number of hydrogen-bond donors (Lipinski definition) is 2. The molecule has 0 aromatic carbocycles. The zero-order chi connectivity index (χ0) is 15.7. The van der Waals surface area contributed by atoms with Gasteiger partial charge in [-0.25, -0.2) is 4.98 Å². The Hall–Kier alpha value is -1.67. The molecule has 0 fully saturated rings. The first-order chi connectivity index (χ1) is 10.1. The number of carbonyl (C=O) groups excluding carboxylic acids is 2. The summed E-state index contributed by atoms with van der Waals surface area (Å²) in [5.41, 5.74) is 0.632. The van der Waals surface area contributed by atoms with Crippen LogP contribution >= 0.6 is 11.3 Å². The predicted molar refractivity (Wildman–Crippen MR) is 80.4 cm³/mol. The summed E-state index contributed by atoms with van der Waals surface area (Å²) in [5.74, 6) is -0.436. The van der Waals surface area contributed by atoms with Gasteiger partial charge >= 0.3 is 5.97 Å². The molecule has 21 heavy (non-hydrogen) atoms. The Morgan fingerprint density at radius 1 is 1.48 bits per heavy atom. The molecule has 2 N–H and O–H groups in total. The van der Waals surface area contributed by atoms with Gasteiger partial charge in [-0.1, -0.05) is 0 Å². The number of methoxy groups -OCH3 is 1. The van der Waals surface area contributed by atoms with E-state index >= 15 is 0 Å². The van der Waals surface area contributed by atoms with E-state index in [-0.39, 0.29) is 18.3 Å². The highest BCUT2D eigenvalue weighted by Gasteiger charge is 2.14. The Kier molecular flexibility index (Phi) is 7.70. The maximum atomic E-state index is 11.8. The molecule has 0 bridgehead atoms. The maximum absolute atomic E-state index is 11.8. The third-order valence-corrected chi connectivity index (χ3v) is 3.34. The third-order valence-electron chi connectivity index (χ3n) is 2.52. The molecule has 0 spiro atoms. The van der Waals surface area contributed by atoms with Crippen LogP contribution in [0.15, 0.2) is 5.38 Å². The lowest BCUT2D eigenvalue weighted by Crippen LogP contribution is -2.39. The highest BCUT2D eigenvalue weighted by Crippen LogP contribution is 2.17. The minimum Gasteiger partial charge on any atom is -0.466 e. The number of aromatic nitrogens is 1. The lowest BCUT2D eigenvalue weighted by Gasteiger charge is -2.12. The summed E-state index contributed by atoms with van der Waals surface area (Å²) < 4.78 is 9.72. The van der Waals surface area contributed by atoms with E-state index in [1.807, 2.05) is 0 Å². The number of ether oxygens (including phenoxy) is 2. The zero-order valence-corrected chi connectivity index (χ0v) is 13.3. The van der Waals surface area contributed by atoms with E-state index in [2.05, 4.69) is 15.6 Å². The van der Waals surface area contributed by atoms with Crippen LogP contribution in [0.1, 0.15) is 19.5 Å². The number of thiazole rings is 1. The molecule has 0 saturated carbocycles. The van der Waals surface area contributed by atoms with Crippen molar-refractivity contribution in [3.63, 3.8) is 0 Å². The minimum atomic E-state index is -0.413. The number of amides is 1. The molecule has 0 saturated heterocycles. The summed E-state index contributed by atoms with van der Waals surface area (Å²) in [7, 11) is 1.58. The van der Waals surface area contributed by atoms with Gasteiger partial charge in [-0.15, -0.1) is 11.3 Å². The Morgan fingerprint density at radius 3 is 2.90 bits per heavy atom. The van der Waals surface area contributed by atoms with E-state index in [1.165, 1.54) is 11.3 Å². The van der Waals surface area contributed by atoms with Crippen molar-refractivity contribution < 1.29 is 19.1 Å². The quantitative estimate of drug-likeness (QED) is 0.518. The highest BCUT2D eigenvalue weighted by atomic mass is 32.1. The van der Waals surface area contributed by atoms with E-state index in [1.54, 1.807) is 26.3 Å². The van der Waals surface area contributed by atoms with Gasteiger partial charge in [0.05, 0.1) is 25.3 Å². The van der Waals surface area contributed by atoms with Crippen LogP contribution in [0, 0.1) is 0 Å². The van der Waals surface area contributed by atoms with Gasteiger partial charge < -0.3 is 20.1 Å². The molecule has 1 aromatic rings. The van der Waals surface area contributed by atoms with Gasteiger partial charge in [-0.3, -0.25) is 9.59 Å². The lowest BCUT2D eigenvalue weighted by molar-refractivity contribution is -0.142. The van der Waals surface area contributed by atoms with Crippen molar-refractivity contribution in [3.05, 3.63) is 11.1 Å². The number of nitrogens with one attached hydrogen (secondary N) is 2. The molecule has 1 unspecified atom stereocenters. The van der Waals surface area contributed by atoms with Gasteiger partial charge in [0.1, 0.15) is 6.04 Å². The van der Waals surface area contributed by atoms with Crippen molar-refractivity contribution in [2.75, 3.05) is 32.2 Å². The second-order valence-corrected chi connectivity index (χ2v) is 5.13. The van der Waals surface area contributed by atoms with E-state index in [9.17, 15) is 9.59 Å². The summed E-state index contributed by atoms with van der Waals surface area (Å²) in [6, 6.07) is -0.413. The molecular weight excluding hydrogens is 294 g/mol. The standard InChI is InChI=1S/C13H21N3O4S/c1-4-20-11(17)7-10-8-21-13(16-10)15-9(2)12(18)14-5-6-19-3/h8-9H,4-7H2,1-3H3,(H,14,18)(H,15,16). The molecule has 1 aromatic heterocycles. The van der Waals surface area contributed by atoms with Crippen molar-refractivity contribution in [1.82, 2.24) is 10.3 Å². The van der Waals surface area contributed by atoms with Gasteiger partial charge in [-0.2, -0.15) is 0 Å². The van der Waals surface area contributed by atoms with E-state index in [0.29, 0.717) is 30.6 Å². The average molecular weight is 315 g/mol. The average Bonchev–Trinajstić information content (AvgIpc) is 2.86. The first-order valence-corrected chi connectivity index (χ1v) is 7.58. The largest absolute Gasteiger partial charge is 0.466 e. The van der Waals surface area contributed by atoms with Crippen LogP contribution in [0.2, 0.25) is 0 Å². The van der Waals surface area contributed by atoms with Crippen molar-refractivity contribution in [2.45, 2.75) is 26.3 Å². The number of nitrogens with zero attached hydrogens (tertiary/aromatic N) is 1. The smallest absolute Gasteiger partial charge is 0.311 e. The summed E-state index contributed by atoms with van der Waals surface area (Å²) in [5, 5.41) is 8.11. The monoisotopic (exact) mass is 315 g/mol. The molecule has 1 rings (SSSR count). The third kappa shape index (κ3) is 6.54. The predicted octanol–water partition coefficient (Wildman–Crippen LogP) is 0.812. The van der Waals surface area contributed by atoms with Gasteiger partial charge in [0.2, 0.25) is 5.91 Å². The lowest BCUT2D eigenvalue weighted by atomic mass is 10.3. The fourth-order valence-electron chi connectivity index (χ4n) is 1.49. The van der Waals surface area contributed by atoms with Crippen LogP contribution in [0.3, 0.4) is 0 Å². The van der Waals surface area contributed by atoms with Gasteiger partial charge in [-0.05, 0) is 13.8 Å². The van der Waals surface area contributed by atoms with Crippen LogP contribution in [0.5, 0.6) is 0 Å². The summed E-state index contributed by atoms with van der Waals surface area (Å²) in [6.45, 7) is 4.80. The van der Waals surface area contributed by atoms with Crippen molar-refractivity contribution in [1.29, 1.82) is 0 Å². The molecule has 0 aliphatic rings. The molecule has 1 amide bonds. The van der Waals surface area contributed by atoms with Gasteiger partial charge in [0.25, 0.3) is 0 Å². The Labute approximate surface area is 128 Å². The molecule has 118 valence electrons. The topological polar surface area (TPSA) is 89.5 Å². The first-order valence-electron chi connectivity index (χ1n) is 6.70. The second-order valence-electron chi connectivity index (χ2n) is 4.28. The molecule has 0 aliphatic carbocycles. The molecule has 7 nitrogen and oxygen atoms in total. The molecule has 8 heteroatoms. The fraction of sp³-hybridized carbons (Fsp3) is 0.615. The Balaban J connectivity index is 2.42. The summed E-state index contributed by atoms with van der Waals surface area (Å²) in [4.78, 5) is 27.4. The summed E-state index contributed by atoms with van der Waals surface area (Å²) >= 11 is 1.35. The number of carbonyl (C=O) groups is 2. The second kappa shape index (κ2) is 9.30. The van der Waals surface area contributed by atoms with Crippen molar-refractivity contribution in [3.8, 4) is 0 Å². The van der Waals surface area contributed by atoms with Crippen LogP contribution in [-0.4, -0.2) is 49.8 Å². The molecule has 1 heterocycles. The van der Waals surface area contributed by atoms with Gasteiger partial charge in [0.15, 0.2) is 5.13 Å². The molecule has 1 atom stereocenters. The normalized spacial score (nSPS) is 11.8. The van der Waals surface area contributed by atoms with E-state index < -0.39 is 6.04 Å². The van der Waals surface area contributed by atoms with Crippen LogP contribution in [0.4, 0.5) is 5.13 Å². The van der Waals surface area contributed by atoms with E-state index in [0.717, 1.165) is 0 Å². The zero-order valence-electron chi connectivity index (χ0n) is 12.5. The minimum absolute atomic E-state index is 0.130. The van der Waals surface area contributed by atoms with Crippen LogP contribution < -0.4 is 10.6 Å². The Bertz CT molecular complexity index is 464. The van der Waals surface area contributed by atoms with Crippen LogP contribution in [-0.2, 0) is 25.5 Å². The van der Waals surface area contributed by atoms with Crippen molar-refractivity contribution >= 4 is 28.3 Å². The Morgan fingerprint density at radius 2 is 2.24 bits per heavy atom. The summed E-state index contributed by atoms with van der Waals surface area (Å²) in [6.07, 6.45) is 0.139. The highest BCUT2D eigenvalue weighted by molar-refractivity contribution is 7.13. The van der Waals surface area contributed by atoms with Gasteiger partial charge in [0, 0.05) is 19.0 Å². The number of rotatable bonds is 9. The fourth-order valence-corrected chi connectivity index (χ4v) is 2.29. The molecular formula is C13H21N3O4S. The van der Waals surface area contributed by atoms with Crippen molar-refractivity contribution in [2.24, 2.45) is 0 Å². The van der Waals surface area contributed by atoms with E-state index in [4.69, 9.17) is 9.47 Å². The SMILES string of the molecule is CCOC(=O)Cc1csc(NC(C)C(=O)NCCOC)n1. The molecule has 0 aliphatic heterocycles.